The van der Waals surface area contributed by atoms with E-state index in [2.05, 4.69) is 0 Å². The molecule has 0 N–H and O–H groups in total. The van der Waals surface area contributed by atoms with Crippen LogP contribution in [-0.4, -0.2) is 36.9 Å². The van der Waals surface area contributed by atoms with Crippen LogP contribution in [0.3, 0.4) is 0 Å². The minimum atomic E-state index is -1.58. The summed E-state index contributed by atoms with van der Waals surface area (Å²) in [7, 11) is 1.61. The highest BCUT2D eigenvalue weighted by atomic mass is 16.5. The van der Waals surface area contributed by atoms with Crippen molar-refractivity contribution in [3.63, 3.8) is 0 Å². The van der Waals surface area contributed by atoms with Gasteiger partial charge >= 0.3 is 0 Å². The fraction of sp³-hybridized carbons (Fsp3) is 0.258. The number of fused-ring (bicyclic) bond motifs is 5. The SMILES string of the molecule is CCCN1C(=O)C2(c3ccccc31)c1c(oc3ccc(C)cc3c1=O)C(=O)N2CCc1ccc(OC)cc1. The molecule has 1 aromatic heterocycles. The van der Waals surface area contributed by atoms with E-state index in [4.69, 9.17) is 9.15 Å². The summed E-state index contributed by atoms with van der Waals surface area (Å²) in [5.41, 5.74) is 1.77. The lowest BCUT2D eigenvalue weighted by atomic mass is 9.83. The average molecular weight is 509 g/mol. The molecule has 0 radical (unpaired) electrons. The molecule has 2 aliphatic rings. The number of ether oxygens (including phenoxy) is 1. The summed E-state index contributed by atoms with van der Waals surface area (Å²) in [6, 6.07) is 20.4. The van der Waals surface area contributed by atoms with Crippen molar-refractivity contribution in [1.82, 2.24) is 4.90 Å². The molecule has 0 aliphatic carbocycles. The second-order valence-electron chi connectivity index (χ2n) is 9.87. The van der Waals surface area contributed by atoms with Crippen LogP contribution in [0.4, 0.5) is 5.69 Å². The number of nitrogens with zero attached hydrogens (tertiary/aromatic N) is 2. The summed E-state index contributed by atoms with van der Waals surface area (Å²) >= 11 is 0. The third kappa shape index (κ3) is 3.24. The minimum Gasteiger partial charge on any atom is -0.497 e. The van der Waals surface area contributed by atoms with Gasteiger partial charge in [-0.25, -0.2) is 0 Å². The number of para-hydroxylation sites is 1. The molecule has 38 heavy (non-hydrogen) atoms. The molecule has 0 fully saturated rings. The normalized spacial score (nSPS) is 18.0. The van der Waals surface area contributed by atoms with Gasteiger partial charge in [0.15, 0.2) is 11.0 Å². The van der Waals surface area contributed by atoms with Crippen LogP contribution in [0.1, 0.15) is 46.2 Å². The Bertz CT molecular complexity index is 1660. The number of carbonyl (C=O) groups excluding carboxylic acids is 2. The van der Waals surface area contributed by atoms with Crippen molar-refractivity contribution in [2.45, 2.75) is 32.2 Å². The maximum absolute atomic E-state index is 14.5. The number of carbonyl (C=O) groups is 2. The van der Waals surface area contributed by atoms with Crippen molar-refractivity contribution < 1.29 is 18.7 Å². The molecule has 0 saturated carbocycles. The predicted molar refractivity (Wildman–Crippen MR) is 145 cm³/mol. The molecular formula is C31H28N2O5. The number of rotatable bonds is 6. The zero-order valence-electron chi connectivity index (χ0n) is 21.6. The Kier molecular flexibility index (Phi) is 5.60. The summed E-state index contributed by atoms with van der Waals surface area (Å²) < 4.78 is 11.4. The quantitative estimate of drug-likeness (QED) is 0.374. The molecule has 7 heteroatoms. The first kappa shape index (κ1) is 24.0. The van der Waals surface area contributed by atoms with E-state index < -0.39 is 11.4 Å². The average Bonchev–Trinajstić information content (AvgIpc) is 3.33. The number of anilines is 1. The zero-order chi connectivity index (χ0) is 26.6. The topological polar surface area (TPSA) is 80.1 Å². The van der Waals surface area contributed by atoms with Crippen molar-refractivity contribution in [1.29, 1.82) is 0 Å². The van der Waals surface area contributed by atoms with Crippen LogP contribution in [0.2, 0.25) is 0 Å². The van der Waals surface area contributed by atoms with E-state index in [1.54, 1.807) is 29.0 Å². The van der Waals surface area contributed by atoms with E-state index in [9.17, 15) is 14.4 Å². The third-order valence-electron chi connectivity index (χ3n) is 7.62. The smallest absolute Gasteiger partial charge is 0.291 e. The summed E-state index contributed by atoms with van der Waals surface area (Å²) in [6.45, 7) is 4.60. The fourth-order valence-electron chi connectivity index (χ4n) is 5.88. The number of aryl methyl sites for hydroxylation is 1. The van der Waals surface area contributed by atoms with Gasteiger partial charge in [-0.3, -0.25) is 14.4 Å². The van der Waals surface area contributed by atoms with Crippen molar-refractivity contribution in [2.75, 3.05) is 25.1 Å². The highest BCUT2D eigenvalue weighted by Gasteiger charge is 2.64. The maximum Gasteiger partial charge on any atom is 0.291 e. The van der Waals surface area contributed by atoms with Crippen LogP contribution >= 0.6 is 0 Å². The van der Waals surface area contributed by atoms with Gasteiger partial charge in [-0.2, -0.15) is 0 Å². The van der Waals surface area contributed by atoms with Crippen LogP contribution in [0.15, 0.2) is 75.9 Å². The fourth-order valence-corrected chi connectivity index (χ4v) is 5.88. The lowest BCUT2D eigenvalue weighted by Crippen LogP contribution is -2.54. The minimum absolute atomic E-state index is 0.0532. The molecule has 2 amide bonds. The standard InChI is InChI=1S/C31H28N2O5/c1-4-16-32-24-8-6-5-7-23(24)31(30(32)36)26-27(34)22-18-19(2)9-14-25(22)38-28(26)29(35)33(31)17-15-20-10-12-21(37-3)13-11-20/h5-14,18H,4,15-17H2,1-3H3. The largest absolute Gasteiger partial charge is 0.497 e. The van der Waals surface area contributed by atoms with E-state index in [1.807, 2.05) is 68.4 Å². The molecule has 2 aliphatic heterocycles. The van der Waals surface area contributed by atoms with Gasteiger partial charge in [0.2, 0.25) is 5.76 Å². The first-order chi connectivity index (χ1) is 18.4. The molecule has 7 nitrogen and oxygen atoms in total. The van der Waals surface area contributed by atoms with Gasteiger partial charge < -0.3 is 19.0 Å². The summed E-state index contributed by atoms with van der Waals surface area (Å²) in [4.78, 5) is 46.0. The Labute approximate surface area is 220 Å². The van der Waals surface area contributed by atoms with Gasteiger partial charge in [0.1, 0.15) is 11.3 Å². The monoisotopic (exact) mass is 508 g/mol. The lowest BCUT2D eigenvalue weighted by molar-refractivity contribution is -0.126. The summed E-state index contributed by atoms with van der Waals surface area (Å²) in [5.74, 6) is -0.0550. The Balaban J connectivity index is 1.59. The first-order valence-electron chi connectivity index (χ1n) is 12.9. The molecule has 1 unspecified atom stereocenters. The van der Waals surface area contributed by atoms with E-state index in [1.165, 1.54) is 0 Å². The number of amides is 2. The number of hydrogen-bond acceptors (Lipinski definition) is 5. The van der Waals surface area contributed by atoms with E-state index >= 15 is 0 Å². The Hall–Kier alpha value is -4.39. The molecule has 4 aromatic rings. The highest BCUT2D eigenvalue weighted by Crippen LogP contribution is 2.52. The van der Waals surface area contributed by atoms with Gasteiger partial charge in [0.05, 0.1) is 23.7 Å². The first-order valence-corrected chi connectivity index (χ1v) is 12.9. The predicted octanol–water partition coefficient (Wildman–Crippen LogP) is 4.81. The number of hydrogen-bond donors (Lipinski definition) is 0. The summed E-state index contributed by atoms with van der Waals surface area (Å²) in [6.07, 6.45) is 1.22. The number of benzene rings is 3. The van der Waals surface area contributed by atoms with Crippen molar-refractivity contribution in [2.24, 2.45) is 0 Å². The Morgan fingerprint density at radius 1 is 0.947 bits per heavy atom. The highest BCUT2D eigenvalue weighted by molar-refractivity contribution is 6.17. The number of methoxy groups -OCH3 is 1. The maximum atomic E-state index is 14.5. The molecule has 3 aromatic carbocycles. The van der Waals surface area contributed by atoms with Crippen molar-refractivity contribution in [3.8, 4) is 5.75 Å². The van der Waals surface area contributed by atoms with Gasteiger partial charge in [-0.1, -0.05) is 48.9 Å². The van der Waals surface area contributed by atoms with Gasteiger partial charge in [-0.05, 0) is 55.7 Å². The Morgan fingerprint density at radius 2 is 1.71 bits per heavy atom. The molecule has 1 atom stereocenters. The van der Waals surface area contributed by atoms with E-state index in [0.29, 0.717) is 29.5 Å². The van der Waals surface area contributed by atoms with Crippen LogP contribution in [-0.2, 0) is 16.8 Å². The van der Waals surface area contributed by atoms with Crippen LogP contribution < -0.4 is 15.1 Å². The van der Waals surface area contributed by atoms with E-state index in [-0.39, 0.29) is 29.2 Å². The Morgan fingerprint density at radius 3 is 2.45 bits per heavy atom. The van der Waals surface area contributed by atoms with Crippen molar-refractivity contribution >= 4 is 28.5 Å². The second kappa shape index (κ2) is 8.87. The molecule has 0 saturated heterocycles. The molecule has 6 rings (SSSR count). The van der Waals surface area contributed by atoms with Gasteiger partial charge in [0.25, 0.3) is 11.8 Å². The van der Waals surface area contributed by atoms with Crippen LogP contribution in [0.5, 0.6) is 5.75 Å². The van der Waals surface area contributed by atoms with Crippen LogP contribution in [0.25, 0.3) is 11.0 Å². The third-order valence-corrected chi connectivity index (χ3v) is 7.62. The lowest BCUT2D eigenvalue weighted by Gasteiger charge is -2.34. The molecule has 3 heterocycles. The van der Waals surface area contributed by atoms with Crippen molar-refractivity contribution in [3.05, 3.63) is 105 Å². The van der Waals surface area contributed by atoms with Gasteiger partial charge in [-0.15, -0.1) is 0 Å². The zero-order valence-corrected chi connectivity index (χ0v) is 21.6. The van der Waals surface area contributed by atoms with Gasteiger partial charge in [0, 0.05) is 18.7 Å². The summed E-state index contributed by atoms with van der Waals surface area (Å²) in [5, 5.41) is 0.368. The molecular weight excluding hydrogens is 480 g/mol. The molecule has 192 valence electrons. The molecule has 1 spiro atoms. The van der Waals surface area contributed by atoms with E-state index in [0.717, 1.165) is 29.0 Å². The molecule has 0 bridgehead atoms. The second-order valence-corrected chi connectivity index (χ2v) is 9.87. The van der Waals surface area contributed by atoms with Crippen LogP contribution in [0, 0.1) is 6.92 Å².